The molecule has 1 saturated heterocycles. The van der Waals surface area contributed by atoms with Gasteiger partial charge in [0, 0.05) is 50.3 Å². The van der Waals surface area contributed by atoms with Gasteiger partial charge in [0.25, 0.3) is 5.91 Å². The summed E-state index contributed by atoms with van der Waals surface area (Å²) in [5, 5.41) is 13.7. The van der Waals surface area contributed by atoms with Gasteiger partial charge in [0.15, 0.2) is 5.78 Å². The van der Waals surface area contributed by atoms with Gasteiger partial charge in [-0.2, -0.15) is 5.10 Å². The zero-order valence-corrected chi connectivity index (χ0v) is 25.8. The van der Waals surface area contributed by atoms with E-state index in [-0.39, 0.29) is 31.3 Å². The first-order valence-corrected chi connectivity index (χ1v) is 15.2. The van der Waals surface area contributed by atoms with E-state index < -0.39 is 23.0 Å². The Kier molecular flexibility index (Phi) is 8.24. The SMILES string of the molecule is CCOc1cc(C(=O)N2CCC3(CC2)CC(=O)c2cc(-c4cnn(C)c4)ccc2O3)cc(OCC)c1-c1ccc(F)c(C(=O)O)c1. The van der Waals surface area contributed by atoms with E-state index in [1.54, 1.807) is 41.8 Å². The fourth-order valence-electron chi connectivity index (χ4n) is 6.20. The van der Waals surface area contributed by atoms with Gasteiger partial charge in [0.05, 0.1) is 42.5 Å². The number of hydrogen-bond donors (Lipinski definition) is 1. The molecule has 3 aromatic carbocycles. The van der Waals surface area contributed by atoms with Crippen LogP contribution in [0.2, 0.25) is 0 Å². The number of ether oxygens (including phenoxy) is 3. The summed E-state index contributed by atoms with van der Waals surface area (Å²) in [6.07, 6.45) is 4.84. The molecule has 0 saturated carbocycles. The molecule has 0 unspecified atom stereocenters. The number of carboxylic acid groups (broad SMARTS) is 1. The highest BCUT2D eigenvalue weighted by atomic mass is 19.1. The van der Waals surface area contributed by atoms with Gasteiger partial charge in [-0.1, -0.05) is 12.1 Å². The van der Waals surface area contributed by atoms with Crippen LogP contribution in [0.25, 0.3) is 22.3 Å². The lowest BCUT2D eigenvalue weighted by atomic mass is 9.82. The first-order valence-electron chi connectivity index (χ1n) is 15.2. The molecule has 1 aromatic heterocycles. The molecule has 2 aliphatic heterocycles. The fourth-order valence-corrected chi connectivity index (χ4v) is 6.20. The first kappa shape index (κ1) is 30.8. The quantitative estimate of drug-likeness (QED) is 0.252. The molecular weight excluding hydrogens is 593 g/mol. The molecule has 10 nitrogen and oxygen atoms in total. The molecule has 0 atom stereocenters. The number of Topliss-reactive ketones (excluding diaryl/α,β-unsaturated/α-hetero) is 1. The molecule has 1 N–H and O–H groups in total. The topological polar surface area (TPSA) is 120 Å². The molecule has 11 heteroatoms. The van der Waals surface area contributed by atoms with E-state index in [4.69, 9.17) is 14.2 Å². The predicted molar refractivity (Wildman–Crippen MR) is 167 cm³/mol. The summed E-state index contributed by atoms with van der Waals surface area (Å²) < 4.78 is 34.2. The van der Waals surface area contributed by atoms with Crippen molar-refractivity contribution in [2.24, 2.45) is 7.05 Å². The Hall–Kier alpha value is -5.19. The molecule has 0 bridgehead atoms. The number of likely N-dealkylation sites (tertiary alicyclic amines) is 1. The third kappa shape index (κ3) is 5.80. The number of aromatic carboxylic acids is 1. The van der Waals surface area contributed by atoms with E-state index in [2.05, 4.69) is 5.10 Å². The minimum absolute atomic E-state index is 0.0110. The van der Waals surface area contributed by atoms with Crippen LogP contribution in [0.4, 0.5) is 4.39 Å². The van der Waals surface area contributed by atoms with Gasteiger partial charge in [-0.25, -0.2) is 9.18 Å². The minimum atomic E-state index is -1.40. The number of fused-ring (bicyclic) bond motifs is 1. The van der Waals surface area contributed by atoms with Crippen LogP contribution in [-0.4, -0.2) is 69.4 Å². The summed E-state index contributed by atoms with van der Waals surface area (Å²) in [4.78, 5) is 40.5. The van der Waals surface area contributed by atoms with E-state index in [1.807, 2.05) is 31.4 Å². The molecule has 46 heavy (non-hydrogen) atoms. The van der Waals surface area contributed by atoms with E-state index in [1.165, 1.54) is 12.1 Å². The molecule has 4 aromatic rings. The summed E-state index contributed by atoms with van der Waals surface area (Å²) in [7, 11) is 1.84. The highest BCUT2D eigenvalue weighted by Gasteiger charge is 2.44. The summed E-state index contributed by atoms with van der Waals surface area (Å²) in [5.41, 5.74) is 2.33. The summed E-state index contributed by atoms with van der Waals surface area (Å²) >= 11 is 0. The average molecular weight is 628 g/mol. The van der Waals surface area contributed by atoms with Crippen LogP contribution in [-0.2, 0) is 7.05 Å². The largest absolute Gasteiger partial charge is 0.493 e. The summed E-state index contributed by atoms with van der Waals surface area (Å²) in [5.74, 6) is -1.30. The number of amides is 1. The number of halogens is 1. The second-order valence-corrected chi connectivity index (χ2v) is 11.5. The van der Waals surface area contributed by atoms with Crippen molar-refractivity contribution in [1.82, 2.24) is 14.7 Å². The van der Waals surface area contributed by atoms with Gasteiger partial charge in [0.1, 0.15) is 28.7 Å². The van der Waals surface area contributed by atoms with Crippen LogP contribution in [0.15, 0.2) is 60.9 Å². The lowest BCUT2D eigenvalue weighted by Gasteiger charge is -2.44. The van der Waals surface area contributed by atoms with Crippen molar-refractivity contribution in [3.05, 3.63) is 83.4 Å². The number of ketones is 1. The number of benzene rings is 3. The number of hydrogen-bond acceptors (Lipinski definition) is 7. The smallest absolute Gasteiger partial charge is 0.338 e. The van der Waals surface area contributed by atoms with Crippen molar-refractivity contribution in [3.63, 3.8) is 0 Å². The maximum atomic E-state index is 14.2. The maximum absolute atomic E-state index is 14.2. The van der Waals surface area contributed by atoms with Crippen molar-refractivity contribution in [2.45, 2.75) is 38.7 Å². The minimum Gasteiger partial charge on any atom is -0.493 e. The Morgan fingerprint density at radius 1 is 0.978 bits per heavy atom. The van der Waals surface area contributed by atoms with E-state index in [9.17, 15) is 23.9 Å². The second kappa shape index (κ2) is 12.3. The number of piperidine rings is 1. The van der Waals surface area contributed by atoms with E-state index in [0.29, 0.717) is 65.4 Å². The average Bonchev–Trinajstić information content (AvgIpc) is 3.47. The van der Waals surface area contributed by atoms with Gasteiger partial charge < -0.3 is 24.2 Å². The summed E-state index contributed by atoms with van der Waals surface area (Å²) in [6.45, 7) is 4.88. The standard InChI is InChI=1S/C35H34FN3O7/c1-4-44-30-16-23(17-31(45-5-2)32(30)22-6-8-27(36)25(15-22)34(42)43)33(41)39-12-10-35(11-13-39)18-28(40)26-14-21(7-9-29(26)46-35)24-19-37-38(3)20-24/h6-9,14-17,19-20H,4-5,10-13,18H2,1-3H3,(H,42,43). The van der Waals surface area contributed by atoms with E-state index in [0.717, 1.165) is 17.2 Å². The van der Waals surface area contributed by atoms with Gasteiger partial charge in [-0.3, -0.25) is 14.3 Å². The third-order valence-corrected chi connectivity index (χ3v) is 8.49. The van der Waals surface area contributed by atoms with Crippen molar-refractivity contribution >= 4 is 17.7 Å². The van der Waals surface area contributed by atoms with Crippen LogP contribution >= 0.6 is 0 Å². The molecule has 1 fully saturated rings. The number of carbonyl (C=O) groups is 3. The maximum Gasteiger partial charge on any atom is 0.338 e. The lowest BCUT2D eigenvalue weighted by molar-refractivity contribution is -0.00573. The number of aryl methyl sites for hydroxylation is 1. The highest BCUT2D eigenvalue weighted by molar-refractivity contribution is 6.02. The molecule has 1 spiro atoms. The Labute approximate surface area is 265 Å². The van der Waals surface area contributed by atoms with Crippen LogP contribution in [0, 0.1) is 5.82 Å². The van der Waals surface area contributed by atoms with Crippen molar-refractivity contribution in [2.75, 3.05) is 26.3 Å². The molecule has 238 valence electrons. The molecule has 2 aliphatic rings. The number of nitrogens with zero attached hydrogens (tertiary/aromatic N) is 3. The second-order valence-electron chi connectivity index (χ2n) is 11.5. The van der Waals surface area contributed by atoms with Crippen LogP contribution in [0.5, 0.6) is 17.2 Å². The van der Waals surface area contributed by atoms with Crippen LogP contribution in [0.1, 0.15) is 64.2 Å². The third-order valence-electron chi connectivity index (χ3n) is 8.49. The van der Waals surface area contributed by atoms with Gasteiger partial charge >= 0.3 is 5.97 Å². The fraction of sp³-hybridized carbons (Fsp3) is 0.314. The first-order chi connectivity index (χ1) is 22.1. The molecule has 0 aliphatic carbocycles. The predicted octanol–water partition coefficient (Wildman–Crippen LogP) is 6.03. The Morgan fingerprint density at radius 2 is 1.65 bits per heavy atom. The van der Waals surface area contributed by atoms with E-state index >= 15 is 0 Å². The molecule has 1 amide bonds. The number of carboxylic acids is 1. The molecule has 3 heterocycles. The Bertz CT molecular complexity index is 1810. The molecule has 6 rings (SSSR count). The van der Waals surface area contributed by atoms with Gasteiger partial charge in [0.2, 0.25) is 0 Å². The normalized spacial score (nSPS) is 15.3. The van der Waals surface area contributed by atoms with Crippen LogP contribution < -0.4 is 14.2 Å². The number of carbonyl (C=O) groups excluding carboxylic acids is 2. The zero-order chi connectivity index (χ0) is 32.6. The van der Waals surface area contributed by atoms with Crippen molar-refractivity contribution in [3.8, 4) is 39.5 Å². The lowest BCUT2D eigenvalue weighted by Crippen LogP contribution is -2.52. The Balaban J connectivity index is 1.23. The van der Waals surface area contributed by atoms with Gasteiger partial charge in [-0.05, 0) is 61.4 Å². The highest BCUT2D eigenvalue weighted by Crippen LogP contribution is 2.43. The van der Waals surface area contributed by atoms with Crippen molar-refractivity contribution in [1.29, 1.82) is 0 Å². The molecular formula is C35H34FN3O7. The number of rotatable bonds is 8. The van der Waals surface area contributed by atoms with Crippen LogP contribution in [0.3, 0.4) is 0 Å². The Morgan fingerprint density at radius 3 is 2.26 bits per heavy atom. The van der Waals surface area contributed by atoms with Gasteiger partial charge in [-0.15, -0.1) is 0 Å². The number of aromatic nitrogens is 2. The monoisotopic (exact) mass is 627 g/mol. The molecule has 0 radical (unpaired) electrons. The summed E-state index contributed by atoms with van der Waals surface area (Å²) in [6, 6.07) is 12.6. The van der Waals surface area contributed by atoms with Crippen molar-refractivity contribution < 1.29 is 38.1 Å². The zero-order valence-electron chi connectivity index (χ0n) is 25.8.